The molecule has 3 nitrogen and oxygen atoms in total. The van der Waals surface area contributed by atoms with Gasteiger partial charge in [0.2, 0.25) is 5.91 Å². The fourth-order valence-corrected chi connectivity index (χ4v) is 2.88. The number of amides is 1. The lowest BCUT2D eigenvalue weighted by Gasteiger charge is -2.34. The van der Waals surface area contributed by atoms with Crippen molar-refractivity contribution in [2.45, 2.75) is 72.1 Å². The number of Topliss-reactive ketones (excluding diaryl/α,β-unsaturated/α-hetero) is 1. The summed E-state index contributed by atoms with van der Waals surface area (Å²) in [6.07, 6.45) is 1.19. The smallest absolute Gasteiger partial charge is 0.221 e. The molecule has 1 N–H and O–H groups in total. The van der Waals surface area contributed by atoms with Crippen LogP contribution in [0.2, 0.25) is 0 Å². The number of thioether (sulfide) groups is 1. The second-order valence-corrected chi connectivity index (χ2v) is 8.40. The van der Waals surface area contributed by atoms with Gasteiger partial charge >= 0.3 is 0 Å². The molecule has 19 heavy (non-hydrogen) atoms. The van der Waals surface area contributed by atoms with Crippen LogP contribution in [0.5, 0.6) is 0 Å². The average Bonchev–Trinajstić information content (AvgIpc) is 2.13. The zero-order chi connectivity index (χ0) is 15.3. The Labute approximate surface area is 122 Å². The normalized spacial score (nSPS) is 12.6. The van der Waals surface area contributed by atoms with Crippen molar-refractivity contribution in [3.05, 3.63) is 0 Å². The topological polar surface area (TPSA) is 46.2 Å². The van der Waals surface area contributed by atoms with Crippen LogP contribution in [0.3, 0.4) is 0 Å². The lowest BCUT2D eigenvalue weighted by atomic mass is 9.77. The SMILES string of the molecule is CC(=O)C(C)(C)CC(C)(C)NC(=O)CCSC(C)C. The van der Waals surface area contributed by atoms with Crippen LogP contribution in [0.15, 0.2) is 0 Å². The van der Waals surface area contributed by atoms with Gasteiger partial charge in [-0.25, -0.2) is 0 Å². The molecular formula is C15H29NO2S. The first kappa shape index (κ1) is 18.5. The highest BCUT2D eigenvalue weighted by Crippen LogP contribution is 2.28. The Morgan fingerprint density at radius 3 is 2.11 bits per heavy atom. The molecule has 0 saturated heterocycles. The van der Waals surface area contributed by atoms with Crippen LogP contribution in [0, 0.1) is 5.41 Å². The largest absolute Gasteiger partial charge is 0.351 e. The summed E-state index contributed by atoms with van der Waals surface area (Å²) in [6.45, 7) is 13.7. The van der Waals surface area contributed by atoms with E-state index in [1.54, 1.807) is 18.7 Å². The van der Waals surface area contributed by atoms with E-state index in [0.29, 0.717) is 18.1 Å². The molecule has 0 atom stereocenters. The number of ketones is 1. The Morgan fingerprint density at radius 1 is 1.16 bits per heavy atom. The number of hydrogen-bond acceptors (Lipinski definition) is 3. The van der Waals surface area contributed by atoms with Crippen LogP contribution in [0.4, 0.5) is 0 Å². The molecule has 0 fully saturated rings. The van der Waals surface area contributed by atoms with Crippen molar-refractivity contribution in [2.75, 3.05) is 5.75 Å². The summed E-state index contributed by atoms with van der Waals surface area (Å²) >= 11 is 1.79. The summed E-state index contributed by atoms with van der Waals surface area (Å²) in [5.74, 6) is 1.07. The van der Waals surface area contributed by atoms with Gasteiger partial charge in [-0.2, -0.15) is 11.8 Å². The lowest BCUT2D eigenvalue weighted by Crippen LogP contribution is -2.47. The molecule has 4 heteroatoms. The van der Waals surface area contributed by atoms with Crippen molar-refractivity contribution in [2.24, 2.45) is 5.41 Å². The molecule has 0 radical (unpaired) electrons. The van der Waals surface area contributed by atoms with E-state index in [4.69, 9.17) is 0 Å². The zero-order valence-corrected chi connectivity index (χ0v) is 14.2. The fraction of sp³-hybridized carbons (Fsp3) is 0.867. The van der Waals surface area contributed by atoms with Crippen LogP contribution >= 0.6 is 11.8 Å². The van der Waals surface area contributed by atoms with Gasteiger partial charge in [-0.15, -0.1) is 0 Å². The molecular weight excluding hydrogens is 258 g/mol. The number of carbonyl (C=O) groups is 2. The third-order valence-electron chi connectivity index (χ3n) is 3.10. The molecule has 0 saturated carbocycles. The summed E-state index contributed by atoms with van der Waals surface area (Å²) in [7, 11) is 0. The maximum Gasteiger partial charge on any atom is 0.221 e. The predicted molar refractivity (Wildman–Crippen MR) is 83.5 cm³/mol. The van der Waals surface area contributed by atoms with E-state index in [2.05, 4.69) is 19.2 Å². The maximum absolute atomic E-state index is 11.9. The molecule has 1 amide bonds. The van der Waals surface area contributed by atoms with E-state index >= 15 is 0 Å². The van der Waals surface area contributed by atoms with E-state index in [-0.39, 0.29) is 17.2 Å². The van der Waals surface area contributed by atoms with Crippen LogP contribution in [0.25, 0.3) is 0 Å². The van der Waals surface area contributed by atoms with Gasteiger partial charge in [0.1, 0.15) is 5.78 Å². The molecule has 0 aliphatic heterocycles. The van der Waals surface area contributed by atoms with Crippen molar-refractivity contribution in [3.8, 4) is 0 Å². The van der Waals surface area contributed by atoms with E-state index in [1.807, 2.05) is 27.7 Å². The molecule has 0 aliphatic carbocycles. The number of nitrogens with one attached hydrogen (secondary N) is 1. The minimum absolute atomic E-state index is 0.0671. The minimum Gasteiger partial charge on any atom is -0.351 e. The summed E-state index contributed by atoms with van der Waals surface area (Å²) < 4.78 is 0. The number of rotatable bonds is 8. The van der Waals surface area contributed by atoms with E-state index < -0.39 is 5.41 Å². The van der Waals surface area contributed by atoms with Gasteiger partial charge in [-0.3, -0.25) is 9.59 Å². The van der Waals surface area contributed by atoms with Crippen LogP contribution in [-0.4, -0.2) is 28.2 Å². The van der Waals surface area contributed by atoms with Gasteiger partial charge in [-0.05, 0) is 32.4 Å². The molecule has 0 heterocycles. The van der Waals surface area contributed by atoms with Crippen LogP contribution in [0.1, 0.15) is 61.3 Å². The highest BCUT2D eigenvalue weighted by atomic mass is 32.2. The quantitative estimate of drug-likeness (QED) is 0.744. The van der Waals surface area contributed by atoms with Gasteiger partial charge in [0, 0.05) is 23.1 Å². The Balaban J connectivity index is 4.29. The van der Waals surface area contributed by atoms with E-state index in [0.717, 1.165) is 5.75 Å². The molecule has 0 aromatic heterocycles. The van der Waals surface area contributed by atoms with Crippen molar-refractivity contribution < 1.29 is 9.59 Å². The van der Waals surface area contributed by atoms with Crippen molar-refractivity contribution in [1.29, 1.82) is 0 Å². The van der Waals surface area contributed by atoms with Gasteiger partial charge in [-0.1, -0.05) is 27.7 Å². The first-order chi connectivity index (χ1) is 8.46. The first-order valence-electron chi connectivity index (χ1n) is 6.90. The standard InChI is InChI=1S/C15H29NO2S/c1-11(2)19-9-8-13(18)16-15(6,7)10-14(4,5)12(3)17/h11H,8-10H2,1-7H3,(H,16,18). The third-order valence-corrected chi connectivity index (χ3v) is 4.20. The van der Waals surface area contributed by atoms with Crippen LogP contribution in [-0.2, 0) is 9.59 Å². The number of carbonyl (C=O) groups excluding carboxylic acids is 2. The van der Waals surface area contributed by atoms with E-state index in [9.17, 15) is 9.59 Å². The molecule has 0 spiro atoms. The van der Waals surface area contributed by atoms with Gasteiger partial charge < -0.3 is 5.32 Å². The summed E-state index contributed by atoms with van der Waals surface area (Å²) in [6, 6.07) is 0. The first-order valence-corrected chi connectivity index (χ1v) is 7.95. The Kier molecular flexibility index (Phi) is 7.12. The van der Waals surface area contributed by atoms with E-state index in [1.165, 1.54) is 0 Å². The van der Waals surface area contributed by atoms with Gasteiger partial charge in [0.05, 0.1) is 0 Å². The molecule has 0 aromatic rings. The lowest BCUT2D eigenvalue weighted by molar-refractivity contribution is -0.128. The van der Waals surface area contributed by atoms with Crippen molar-refractivity contribution in [3.63, 3.8) is 0 Å². The fourth-order valence-electron chi connectivity index (χ4n) is 2.10. The average molecular weight is 287 g/mol. The highest BCUT2D eigenvalue weighted by molar-refractivity contribution is 7.99. The molecule has 0 rings (SSSR count). The van der Waals surface area contributed by atoms with Gasteiger partial charge in [0.25, 0.3) is 0 Å². The Bertz CT molecular complexity index is 322. The molecule has 0 aromatic carbocycles. The molecule has 0 aliphatic rings. The summed E-state index contributed by atoms with van der Waals surface area (Å²) in [5.41, 5.74) is -0.752. The second-order valence-electron chi connectivity index (χ2n) is 6.72. The third kappa shape index (κ3) is 8.30. The highest BCUT2D eigenvalue weighted by Gasteiger charge is 2.33. The Morgan fingerprint density at radius 2 is 1.68 bits per heavy atom. The minimum atomic E-state index is -0.399. The second kappa shape index (κ2) is 7.32. The van der Waals surface area contributed by atoms with Crippen LogP contribution < -0.4 is 5.32 Å². The Hall–Kier alpha value is -0.510. The van der Waals surface area contributed by atoms with Crippen molar-refractivity contribution in [1.82, 2.24) is 5.32 Å². The van der Waals surface area contributed by atoms with Crippen molar-refractivity contribution >= 4 is 23.5 Å². The number of hydrogen-bond donors (Lipinski definition) is 1. The summed E-state index contributed by atoms with van der Waals surface area (Å²) in [5, 5.41) is 3.59. The molecule has 0 bridgehead atoms. The molecule has 0 unspecified atom stereocenters. The van der Waals surface area contributed by atoms with Gasteiger partial charge in [0.15, 0.2) is 0 Å². The zero-order valence-electron chi connectivity index (χ0n) is 13.4. The maximum atomic E-state index is 11.9. The monoisotopic (exact) mass is 287 g/mol. The predicted octanol–water partition coefficient (Wildman–Crippen LogP) is 3.42. The summed E-state index contributed by atoms with van der Waals surface area (Å²) in [4.78, 5) is 23.4. The molecule has 112 valence electrons.